The van der Waals surface area contributed by atoms with E-state index in [2.05, 4.69) is 20.9 Å². The van der Waals surface area contributed by atoms with E-state index in [1.165, 1.54) is 12.1 Å². The third kappa shape index (κ3) is 3.61. The molecule has 0 unspecified atom stereocenters. The fourth-order valence-electron chi connectivity index (χ4n) is 1.36. The molecule has 6 heteroatoms. The first kappa shape index (κ1) is 13.7. The summed E-state index contributed by atoms with van der Waals surface area (Å²) < 4.78 is 32.9. The Labute approximate surface area is 125 Å². The summed E-state index contributed by atoms with van der Waals surface area (Å²) >= 11 is 5.31. The largest absolute Gasteiger partial charge is 0.486 e. The first-order valence-electron chi connectivity index (χ1n) is 4.93. The molecule has 0 radical (unpaired) electrons. The molecule has 0 aliphatic carbocycles. The fraction of sp³-hybridized carbons (Fsp3) is 0.0833. The molecule has 18 heavy (non-hydrogen) atoms. The van der Waals surface area contributed by atoms with Crippen molar-refractivity contribution in [3.8, 4) is 5.75 Å². The Hall–Kier alpha value is -0.760. The summed E-state index contributed by atoms with van der Waals surface area (Å²) in [6.07, 6.45) is 1.65. The highest BCUT2D eigenvalue weighted by molar-refractivity contribution is 14.1. The van der Waals surface area contributed by atoms with E-state index in [1.807, 2.05) is 22.6 Å². The van der Waals surface area contributed by atoms with Crippen molar-refractivity contribution in [1.82, 2.24) is 4.98 Å². The molecule has 0 saturated carbocycles. The molecule has 0 amide bonds. The van der Waals surface area contributed by atoms with Crippen molar-refractivity contribution in [2.24, 2.45) is 0 Å². The Bertz CT molecular complexity index is 560. The quantitative estimate of drug-likeness (QED) is 0.540. The van der Waals surface area contributed by atoms with Crippen molar-refractivity contribution >= 4 is 38.5 Å². The molecule has 0 atom stereocenters. The molecule has 0 spiro atoms. The zero-order chi connectivity index (χ0) is 13.1. The van der Waals surface area contributed by atoms with Crippen molar-refractivity contribution in [3.63, 3.8) is 0 Å². The van der Waals surface area contributed by atoms with E-state index >= 15 is 0 Å². The number of pyridine rings is 1. The SMILES string of the molecule is Fc1cc(F)cc(COc2cc(Br)cnc2I)c1. The van der Waals surface area contributed by atoms with Gasteiger partial charge >= 0.3 is 0 Å². The van der Waals surface area contributed by atoms with E-state index < -0.39 is 11.6 Å². The van der Waals surface area contributed by atoms with E-state index in [0.717, 1.165) is 10.5 Å². The Balaban J connectivity index is 2.13. The minimum Gasteiger partial charge on any atom is -0.486 e. The Kier molecular flexibility index (Phi) is 4.50. The molecule has 94 valence electrons. The van der Waals surface area contributed by atoms with Crippen molar-refractivity contribution in [3.05, 3.63) is 55.8 Å². The van der Waals surface area contributed by atoms with Gasteiger partial charge in [-0.05, 0) is 62.3 Å². The van der Waals surface area contributed by atoms with Crippen LogP contribution in [0.5, 0.6) is 5.75 Å². The molecule has 2 rings (SSSR count). The maximum atomic E-state index is 13.0. The van der Waals surface area contributed by atoms with Crippen LogP contribution in [-0.4, -0.2) is 4.98 Å². The maximum absolute atomic E-state index is 13.0. The van der Waals surface area contributed by atoms with Crippen molar-refractivity contribution < 1.29 is 13.5 Å². The second-order valence-electron chi connectivity index (χ2n) is 3.51. The standard InChI is InChI=1S/C12H7BrF2INO/c13-8-3-11(12(16)17-5-8)18-6-7-1-9(14)4-10(15)2-7/h1-5H,6H2. The monoisotopic (exact) mass is 425 g/mol. The summed E-state index contributed by atoms with van der Waals surface area (Å²) in [6, 6.07) is 5.06. The van der Waals surface area contributed by atoms with E-state index in [4.69, 9.17) is 4.74 Å². The second-order valence-corrected chi connectivity index (χ2v) is 5.45. The van der Waals surface area contributed by atoms with Gasteiger partial charge in [-0.15, -0.1) is 0 Å². The molecular weight excluding hydrogens is 419 g/mol. The molecule has 0 aliphatic heterocycles. The van der Waals surface area contributed by atoms with Gasteiger partial charge in [-0.3, -0.25) is 0 Å². The van der Waals surface area contributed by atoms with Gasteiger partial charge in [-0.2, -0.15) is 0 Å². The summed E-state index contributed by atoms with van der Waals surface area (Å²) in [6.45, 7) is 0.0861. The average molecular weight is 426 g/mol. The smallest absolute Gasteiger partial charge is 0.152 e. The molecule has 0 saturated heterocycles. The number of aromatic nitrogens is 1. The maximum Gasteiger partial charge on any atom is 0.152 e. The third-order valence-electron chi connectivity index (χ3n) is 2.09. The minimum absolute atomic E-state index is 0.0861. The fourth-order valence-corrected chi connectivity index (χ4v) is 2.12. The van der Waals surface area contributed by atoms with Gasteiger partial charge in [0.1, 0.15) is 21.9 Å². The van der Waals surface area contributed by atoms with E-state index in [9.17, 15) is 8.78 Å². The molecule has 1 aromatic heterocycles. The molecule has 2 aromatic rings. The van der Waals surface area contributed by atoms with Crippen LogP contribution in [-0.2, 0) is 6.61 Å². The molecule has 0 N–H and O–H groups in total. The van der Waals surface area contributed by atoms with E-state index in [0.29, 0.717) is 15.0 Å². The highest BCUT2D eigenvalue weighted by Crippen LogP contribution is 2.23. The third-order valence-corrected chi connectivity index (χ3v) is 3.33. The molecular formula is C12H7BrF2INO. The van der Waals surface area contributed by atoms with Gasteiger partial charge in [0, 0.05) is 16.7 Å². The van der Waals surface area contributed by atoms with Crippen LogP contribution in [0.4, 0.5) is 8.78 Å². The summed E-state index contributed by atoms with van der Waals surface area (Å²) in [4.78, 5) is 4.09. The highest BCUT2D eigenvalue weighted by atomic mass is 127. The van der Waals surface area contributed by atoms with Crippen LogP contribution in [0.15, 0.2) is 34.9 Å². The second kappa shape index (κ2) is 5.92. The lowest BCUT2D eigenvalue weighted by atomic mass is 10.2. The van der Waals surface area contributed by atoms with Gasteiger partial charge in [0.25, 0.3) is 0 Å². The number of ether oxygens (including phenoxy) is 1. The van der Waals surface area contributed by atoms with Crippen molar-refractivity contribution in [2.45, 2.75) is 6.61 Å². The van der Waals surface area contributed by atoms with Gasteiger partial charge in [0.2, 0.25) is 0 Å². The van der Waals surface area contributed by atoms with Crippen LogP contribution < -0.4 is 4.74 Å². The molecule has 2 nitrogen and oxygen atoms in total. The van der Waals surface area contributed by atoms with Crippen LogP contribution >= 0.6 is 38.5 Å². The predicted molar refractivity (Wildman–Crippen MR) is 75.3 cm³/mol. The lowest BCUT2D eigenvalue weighted by molar-refractivity contribution is 0.301. The van der Waals surface area contributed by atoms with Gasteiger partial charge in [0.05, 0.1) is 0 Å². The first-order valence-corrected chi connectivity index (χ1v) is 6.80. The van der Waals surface area contributed by atoms with Crippen LogP contribution in [0.3, 0.4) is 0 Å². The predicted octanol–water partition coefficient (Wildman–Crippen LogP) is 4.31. The number of hydrogen-bond acceptors (Lipinski definition) is 2. The number of benzene rings is 1. The van der Waals surface area contributed by atoms with E-state index in [-0.39, 0.29) is 6.61 Å². The van der Waals surface area contributed by atoms with Crippen LogP contribution in [0.2, 0.25) is 0 Å². The van der Waals surface area contributed by atoms with Gasteiger partial charge < -0.3 is 4.74 Å². The summed E-state index contributed by atoms with van der Waals surface area (Å²) in [5, 5.41) is 0. The molecule has 1 heterocycles. The summed E-state index contributed by atoms with van der Waals surface area (Å²) in [5.41, 5.74) is 0.434. The van der Waals surface area contributed by atoms with E-state index in [1.54, 1.807) is 12.3 Å². The number of rotatable bonds is 3. The Morgan fingerprint density at radius 3 is 2.50 bits per heavy atom. The minimum atomic E-state index is -0.615. The Morgan fingerprint density at radius 2 is 1.83 bits per heavy atom. The van der Waals surface area contributed by atoms with Crippen LogP contribution in [0.25, 0.3) is 0 Å². The lowest BCUT2D eigenvalue weighted by Crippen LogP contribution is -1.99. The normalized spacial score (nSPS) is 10.4. The Morgan fingerprint density at radius 1 is 1.17 bits per heavy atom. The first-order chi connectivity index (χ1) is 8.54. The summed E-state index contributed by atoms with van der Waals surface area (Å²) in [5.74, 6) is -0.666. The topological polar surface area (TPSA) is 22.1 Å². The number of nitrogens with zero attached hydrogens (tertiary/aromatic N) is 1. The van der Waals surface area contributed by atoms with Gasteiger partial charge in [-0.1, -0.05) is 0 Å². The molecule has 1 aromatic carbocycles. The van der Waals surface area contributed by atoms with Crippen molar-refractivity contribution in [2.75, 3.05) is 0 Å². The summed E-state index contributed by atoms with van der Waals surface area (Å²) in [7, 11) is 0. The van der Waals surface area contributed by atoms with Crippen LogP contribution in [0, 0.1) is 15.3 Å². The van der Waals surface area contributed by atoms with Crippen LogP contribution in [0.1, 0.15) is 5.56 Å². The number of hydrogen-bond donors (Lipinski definition) is 0. The zero-order valence-electron chi connectivity index (χ0n) is 8.96. The highest BCUT2D eigenvalue weighted by Gasteiger charge is 2.05. The molecule has 0 aliphatic rings. The molecule has 0 bridgehead atoms. The van der Waals surface area contributed by atoms with Gasteiger partial charge in [0.15, 0.2) is 5.75 Å². The lowest BCUT2D eigenvalue weighted by Gasteiger charge is -2.08. The molecule has 0 fully saturated rings. The number of halogens is 4. The average Bonchev–Trinajstić information content (AvgIpc) is 2.29. The van der Waals surface area contributed by atoms with Gasteiger partial charge in [-0.25, -0.2) is 13.8 Å². The van der Waals surface area contributed by atoms with Crippen molar-refractivity contribution in [1.29, 1.82) is 0 Å². The zero-order valence-corrected chi connectivity index (χ0v) is 12.7.